The van der Waals surface area contributed by atoms with Crippen LogP contribution in [0.1, 0.15) is 44.1 Å². The number of rotatable bonds is 5. The second kappa shape index (κ2) is 6.63. The Morgan fingerprint density at radius 1 is 1.25 bits per heavy atom. The lowest BCUT2D eigenvalue weighted by molar-refractivity contribution is -0.147. The summed E-state index contributed by atoms with van der Waals surface area (Å²) in [6.07, 6.45) is 3.77. The summed E-state index contributed by atoms with van der Waals surface area (Å²) in [5.74, 6) is -1.58. The van der Waals surface area contributed by atoms with E-state index in [1.165, 1.54) is 0 Å². The van der Waals surface area contributed by atoms with Gasteiger partial charge in [-0.15, -0.1) is 0 Å². The number of carbonyl (C=O) groups excluding carboxylic acids is 2. The molecule has 6 heteroatoms. The van der Waals surface area contributed by atoms with Crippen molar-refractivity contribution in [3.8, 4) is 0 Å². The average molecular weight is 330 g/mol. The third-order valence-corrected chi connectivity index (χ3v) is 5.08. The van der Waals surface area contributed by atoms with E-state index in [0.717, 1.165) is 24.1 Å². The predicted octanol–water partition coefficient (Wildman–Crippen LogP) is 2.09. The van der Waals surface area contributed by atoms with Gasteiger partial charge >= 0.3 is 5.97 Å². The molecule has 3 N–H and O–H groups in total. The Labute approximate surface area is 140 Å². The summed E-state index contributed by atoms with van der Waals surface area (Å²) >= 11 is 0. The first-order valence-corrected chi connectivity index (χ1v) is 8.43. The predicted molar refractivity (Wildman–Crippen MR) is 88.5 cm³/mol. The van der Waals surface area contributed by atoms with Crippen molar-refractivity contribution < 1.29 is 19.5 Å². The van der Waals surface area contributed by atoms with Crippen molar-refractivity contribution in [3.05, 3.63) is 29.8 Å². The monoisotopic (exact) mass is 330 g/mol. The van der Waals surface area contributed by atoms with Crippen LogP contribution >= 0.6 is 0 Å². The van der Waals surface area contributed by atoms with Crippen LogP contribution in [0.2, 0.25) is 0 Å². The lowest BCUT2D eigenvalue weighted by Crippen LogP contribution is -2.52. The van der Waals surface area contributed by atoms with Crippen LogP contribution in [0.15, 0.2) is 24.3 Å². The molecule has 1 aliphatic heterocycles. The summed E-state index contributed by atoms with van der Waals surface area (Å²) in [6.45, 7) is 0. The van der Waals surface area contributed by atoms with Gasteiger partial charge in [-0.1, -0.05) is 31.0 Å². The highest BCUT2D eigenvalue weighted by Gasteiger charge is 2.42. The molecule has 1 saturated carbocycles. The van der Waals surface area contributed by atoms with Gasteiger partial charge in [0.1, 0.15) is 5.54 Å². The number of anilines is 1. The fraction of sp³-hybridized carbons (Fsp3) is 0.500. The van der Waals surface area contributed by atoms with Gasteiger partial charge < -0.3 is 15.7 Å². The maximum Gasteiger partial charge on any atom is 0.329 e. The van der Waals surface area contributed by atoms with Crippen molar-refractivity contribution in [1.82, 2.24) is 5.32 Å². The molecular formula is C18H22N2O4. The second-order valence-electron chi connectivity index (χ2n) is 6.73. The summed E-state index contributed by atoms with van der Waals surface area (Å²) < 4.78 is 0. The third kappa shape index (κ3) is 3.27. The molecule has 0 saturated heterocycles. The van der Waals surface area contributed by atoms with Gasteiger partial charge in [0.25, 0.3) is 0 Å². The van der Waals surface area contributed by atoms with Gasteiger partial charge in [-0.2, -0.15) is 0 Å². The number of hydrogen-bond donors (Lipinski definition) is 3. The first kappa shape index (κ1) is 16.5. The number of nitrogens with one attached hydrogen (secondary N) is 2. The van der Waals surface area contributed by atoms with Crippen molar-refractivity contribution in [2.75, 3.05) is 5.32 Å². The molecule has 0 radical (unpaired) electrons. The van der Waals surface area contributed by atoms with Crippen molar-refractivity contribution in [3.63, 3.8) is 0 Å². The van der Waals surface area contributed by atoms with E-state index < -0.39 is 11.5 Å². The van der Waals surface area contributed by atoms with E-state index in [2.05, 4.69) is 10.6 Å². The molecule has 1 unspecified atom stereocenters. The Morgan fingerprint density at radius 2 is 1.96 bits per heavy atom. The Hall–Kier alpha value is -2.37. The third-order valence-electron chi connectivity index (χ3n) is 5.08. The van der Waals surface area contributed by atoms with Gasteiger partial charge in [0.2, 0.25) is 11.8 Å². The van der Waals surface area contributed by atoms with Gasteiger partial charge in [-0.25, -0.2) is 4.79 Å². The first-order valence-electron chi connectivity index (χ1n) is 8.43. The zero-order valence-electron chi connectivity index (χ0n) is 13.5. The molecule has 1 aromatic carbocycles. The largest absolute Gasteiger partial charge is 0.480 e. The van der Waals surface area contributed by atoms with Crippen LogP contribution in [0, 0.1) is 5.92 Å². The standard InChI is InChI=1S/C18H22N2O4/c21-15(20-18(17(23)24)9-3-4-10-18)8-7-13-11-12-5-1-2-6-14(12)19-16(13)22/h1-2,5-6,13H,3-4,7-11H2,(H,19,22)(H,20,21)(H,23,24). The lowest BCUT2D eigenvalue weighted by Gasteiger charge is -2.27. The SMILES string of the molecule is O=C(CCC1Cc2ccccc2NC1=O)NC1(C(=O)O)CCCC1. The van der Waals surface area contributed by atoms with Crippen molar-refractivity contribution in [2.45, 2.75) is 50.5 Å². The van der Waals surface area contributed by atoms with Crippen molar-refractivity contribution in [1.29, 1.82) is 0 Å². The van der Waals surface area contributed by atoms with Gasteiger partial charge in [-0.05, 0) is 37.3 Å². The quantitative estimate of drug-likeness (QED) is 0.770. The minimum Gasteiger partial charge on any atom is -0.480 e. The van der Waals surface area contributed by atoms with Gasteiger partial charge in [0, 0.05) is 18.0 Å². The van der Waals surface area contributed by atoms with E-state index in [0.29, 0.717) is 25.7 Å². The Bertz CT molecular complexity index is 665. The first-order chi connectivity index (χ1) is 11.5. The Morgan fingerprint density at radius 3 is 2.67 bits per heavy atom. The minimum absolute atomic E-state index is 0.0738. The van der Waals surface area contributed by atoms with Crippen LogP contribution in [0.4, 0.5) is 5.69 Å². The second-order valence-corrected chi connectivity index (χ2v) is 6.73. The van der Waals surface area contributed by atoms with Crippen molar-refractivity contribution in [2.24, 2.45) is 5.92 Å². The Balaban J connectivity index is 1.57. The summed E-state index contributed by atoms with van der Waals surface area (Å²) in [6, 6.07) is 7.64. The van der Waals surface area contributed by atoms with Crippen LogP contribution in [-0.2, 0) is 20.8 Å². The van der Waals surface area contributed by atoms with E-state index in [4.69, 9.17) is 0 Å². The number of para-hydroxylation sites is 1. The van der Waals surface area contributed by atoms with Crippen LogP contribution in [-0.4, -0.2) is 28.4 Å². The highest BCUT2D eigenvalue weighted by molar-refractivity contribution is 5.96. The van der Waals surface area contributed by atoms with Gasteiger partial charge in [0.15, 0.2) is 0 Å². The molecule has 2 aliphatic rings. The van der Waals surface area contributed by atoms with E-state index in [9.17, 15) is 19.5 Å². The topological polar surface area (TPSA) is 95.5 Å². The van der Waals surface area contributed by atoms with Gasteiger partial charge in [0.05, 0.1) is 0 Å². The molecule has 128 valence electrons. The molecule has 0 spiro atoms. The number of carboxylic acids is 1. The average Bonchev–Trinajstić information content (AvgIpc) is 3.02. The number of fused-ring (bicyclic) bond motifs is 1. The zero-order chi connectivity index (χ0) is 17.2. The molecule has 1 atom stereocenters. The molecule has 1 aliphatic carbocycles. The molecule has 24 heavy (non-hydrogen) atoms. The summed E-state index contributed by atoms with van der Waals surface area (Å²) in [7, 11) is 0. The number of hydrogen-bond acceptors (Lipinski definition) is 3. The maximum atomic E-state index is 12.2. The van der Waals surface area contributed by atoms with Crippen LogP contribution in [0.5, 0.6) is 0 Å². The molecule has 1 heterocycles. The van der Waals surface area contributed by atoms with E-state index in [1.807, 2.05) is 24.3 Å². The highest BCUT2D eigenvalue weighted by Crippen LogP contribution is 2.31. The zero-order valence-corrected chi connectivity index (χ0v) is 13.5. The lowest BCUT2D eigenvalue weighted by atomic mass is 9.89. The minimum atomic E-state index is -1.11. The summed E-state index contributed by atoms with van der Waals surface area (Å²) in [5, 5.41) is 15.0. The molecule has 0 aromatic heterocycles. The molecular weight excluding hydrogens is 308 g/mol. The number of amides is 2. The molecule has 1 fully saturated rings. The Kier molecular flexibility index (Phi) is 4.55. The number of benzene rings is 1. The fourth-order valence-electron chi connectivity index (χ4n) is 3.65. The smallest absolute Gasteiger partial charge is 0.329 e. The van der Waals surface area contributed by atoms with Crippen LogP contribution in [0.25, 0.3) is 0 Å². The number of carbonyl (C=O) groups is 3. The number of carboxylic acid groups (broad SMARTS) is 1. The van der Waals surface area contributed by atoms with E-state index in [-0.39, 0.29) is 24.2 Å². The maximum absolute atomic E-state index is 12.2. The van der Waals surface area contributed by atoms with Crippen LogP contribution in [0.3, 0.4) is 0 Å². The van der Waals surface area contributed by atoms with Gasteiger partial charge in [-0.3, -0.25) is 9.59 Å². The fourth-order valence-corrected chi connectivity index (χ4v) is 3.65. The normalized spacial score (nSPS) is 21.7. The number of aliphatic carboxylic acids is 1. The molecule has 6 nitrogen and oxygen atoms in total. The highest BCUT2D eigenvalue weighted by atomic mass is 16.4. The molecule has 1 aromatic rings. The summed E-state index contributed by atoms with van der Waals surface area (Å²) in [5.41, 5.74) is 0.790. The summed E-state index contributed by atoms with van der Waals surface area (Å²) in [4.78, 5) is 35.8. The molecule has 3 rings (SSSR count). The van der Waals surface area contributed by atoms with E-state index >= 15 is 0 Å². The molecule has 0 bridgehead atoms. The molecule has 2 amide bonds. The van der Waals surface area contributed by atoms with Crippen molar-refractivity contribution >= 4 is 23.5 Å². The van der Waals surface area contributed by atoms with E-state index in [1.54, 1.807) is 0 Å². The van der Waals surface area contributed by atoms with Crippen LogP contribution < -0.4 is 10.6 Å².